The van der Waals surface area contributed by atoms with E-state index < -0.39 is 0 Å². The molecule has 0 unspecified atom stereocenters. The van der Waals surface area contributed by atoms with Crippen molar-refractivity contribution in [2.45, 2.75) is 25.8 Å². The maximum Gasteiger partial charge on any atom is 0.132 e. The van der Waals surface area contributed by atoms with E-state index in [9.17, 15) is 0 Å². The first-order valence-electron chi connectivity index (χ1n) is 6.89. The summed E-state index contributed by atoms with van der Waals surface area (Å²) in [5, 5.41) is 0. The van der Waals surface area contributed by atoms with Crippen molar-refractivity contribution in [3.05, 3.63) is 53.7 Å². The van der Waals surface area contributed by atoms with Crippen molar-refractivity contribution in [3.8, 4) is 0 Å². The molecule has 1 aromatic heterocycles. The Morgan fingerprint density at radius 1 is 1.11 bits per heavy atom. The molecule has 0 aliphatic carbocycles. The van der Waals surface area contributed by atoms with Crippen LogP contribution in [0.1, 0.15) is 24.0 Å². The predicted molar refractivity (Wildman–Crippen MR) is 78.5 cm³/mol. The summed E-state index contributed by atoms with van der Waals surface area (Å²) in [5.74, 6) is 1.02. The van der Waals surface area contributed by atoms with E-state index in [0.717, 1.165) is 24.3 Å². The summed E-state index contributed by atoms with van der Waals surface area (Å²) in [7, 11) is 0. The summed E-state index contributed by atoms with van der Waals surface area (Å²) in [6.07, 6.45) is 5.49. The van der Waals surface area contributed by atoms with E-state index in [1.165, 1.54) is 24.1 Å². The number of nitrogens with zero attached hydrogens (tertiary/aromatic N) is 2. The Bertz CT molecular complexity index is 548. The highest BCUT2D eigenvalue weighted by atomic mass is 15.2. The molecule has 2 N–H and O–H groups in total. The molecule has 98 valence electrons. The first-order chi connectivity index (χ1) is 9.38. The lowest BCUT2D eigenvalue weighted by atomic mass is 10.1. The van der Waals surface area contributed by atoms with Gasteiger partial charge in [0.2, 0.25) is 0 Å². The van der Waals surface area contributed by atoms with Gasteiger partial charge in [0.25, 0.3) is 0 Å². The topological polar surface area (TPSA) is 42.1 Å². The van der Waals surface area contributed by atoms with E-state index in [0.29, 0.717) is 6.54 Å². The number of hydrogen-bond donors (Lipinski definition) is 1. The lowest BCUT2D eigenvalue weighted by Crippen LogP contribution is -2.19. The van der Waals surface area contributed by atoms with Crippen LogP contribution < -0.4 is 10.6 Å². The van der Waals surface area contributed by atoms with Crippen LogP contribution in [0.2, 0.25) is 0 Å². The van der Waals surface area contributed by atoms with Crippen LogP contribution in [-0.4, -0.2) is 11.5 Å². The SMILES string of the molecule is NCc1ccc(N2CCCCc3ccccc32)nc1. The molecule has 3 rings (SSSR count). The molecule has 0 bridgehead atoms. The summed E-state index contributed by atoms with van der Waals surface area (Å²) >= 11 is 0. The van der Waals surface area contributed by atoms with Crippen LogP contribution in [0, 0.1) is 0 Å². The molecule has 0 saturated carbocycles. The minimum Gasteiger partial charge on any atom is -0.326 e. The van der Waals surface area contributed by atoms with Crippen LogP contribution in [0.4, 0.5) is 11.5 Å². The fraction of sp³-hybridized carbons (Fsp3) is 0.312. The van der Waals surface area contributed by atoms with Crippen LogP contribution >= 0.6 is 0 Å². The van der Waals surface area contributed by atoms with E-state index in [4.69, 9.17) is 5.73 Å². The molecule has 1 aromatic carbocycles. The van der Waals surface area contributed by atoms with Crippen LogP contribution in [0.3, 0.4) is 0 Å². The third-order valence-electron chi connectivity index (χ3n) is 3.68. The molecule has 19 heavy (non-hydrogen) atoms. The number of para-hydroxylation sites is 1. The monoisotopic (exact) mass is 253 g/mol. The molecule has 0 amide bonds. The molecule has 0 fully saturated rings. The minimum absolute atomic E-state index is 0.546. The molecule has 2 aromatic rings. The molecule has 0 radical (unpaired) electrons. The number of fused-ring (bicyclic) bond motifs is 1. The van der Waals surface area contributed by atoms with Crippen molar-refractivity contribution in [3.63, 3.8) is 0 Å². The average Bonchev–Trinajstić information content (AvgIpc) is 2.70. The Morgan fingerprint density at radius 2 is 2.00 bits per heavy atom. The van der Waals surface area contributed by atoms with Crippen molar-refractivity contribution < 1.29 is 0 Å². The molecule has 1 aliphatic heterocycles. The van der Waals surface area contributed by atoms with E-state index >= 15 is 0 Å². The first kappa shape index (κ1) is 12.2. The molecular formula is C16H19N3. The van der Waals surface area contributed by atoms with Crippen molar-refractivity contribution in [2.24, 2.45) is 5.73 Å². The summed E-state index contributed by atoms with van der Waals surface area (Å²) in [5.41, 5.74) is 9.42. The van der Waals surface area contributed by atoms with Gasteiger partial charge in [-0.25, -0.2) is 4.98 Å². The van der Waals surface area contributed by atoms with Crippen LogP contribution in [0.15, 0.2) is 42.6 Å². The van der Waals surface area contributed by atoms with Gasteiger partial charge in [0, 0.05) is 25.0 Å². The van der Waals surface area contributed by atoms with Gasteiger partial charge in [-0.15, -0.1) is 0 Å². The van der Waals surface area contributed by atoms with Crippen LogP contribution in [-0.2, 0) is 13.0 Å². The molecule has 0 saturated heterocycles. The van der Waals surface area contributed by atoms with Crippen molar-refractivity contribution in [2.75, 3.05) is 11.4 Å². The van der Waals surface area contributed by atoms with Gasteiger partial charge in [0.05, 0.1) is 0 Å². The molecular weight excluding hydrogens is 234 g/mol. The highest BCUT2D eigenvalue weighted by Gasteiger charge is 2.16. The zero-order valence-electron chi connectivity index (χ0n) is 11.0. The highest BCUT2D eigenvalue weighted by molar-refractivity contribution is 5.64. The Balaban J connectivity index is 1.99. The fourth-order valence-electron chi connectivity index (χ4n) is 2.63. The smallest absolute Gasteiger partial charge is 0.132 e. The second-order valence-electron chi connectivity index (χ2n) is 4.97. The summed E-state index contributed by atoms with van der Waals surface area (Å²) in [6, 6.07) is 12.8. The van der Waals surface area contributed by atoms with Gasteiger partial charge in [0.15, 0.2) is 0 Å². The maximum atomic E-state index is 5.63. The van der Waals surface area contributed by atoms with Gasteiger partial charge in [0.1, 0.15) is 5.82 Å². The summed E-state index contributed by atoms with van der Waals surface area (Å²) in [6.45, 7) is 1.58. The van der Waals surface area contributed by atoms with E-state index in [1.54, 1.807) is 0 Å². The number of benzene rings is 1. The highest BCUT2D eigenvalue weighted by Crippen LogP contribution is 2.31. The molecule has 0 atom stereocenters. The average molecular weight is 253 g/mol. The van der Waals surface area contributed by atoms with Gasteiger partial charge < -0.3 is 10.6 Å². The van der Waals surface area contributed by atoms with Crippen LogP contribution in [0.5, 0.6) is 0 Å². The second kappa shape index (κ2) is 5.41. The van der Waals surface area contributed by atoms with Gasteiger partial charge >= 0.3 is 0 Å². The van der Waals surface area contributed by atoms with E-state index in [1.807, 2.05) is 6.20 Å². The van der Waals surface area contributed by atoms with E-state index in [2.05, 4.69) is 46.3 Å². The number of rotatable bonds is 2. The Morgan fingerprint density at radius 3 is 2.79 bits per heavy atom. The third-order valence-corrected chi connectivity index (χ3v) is 3.68. The first-order valence-corrected chi connectivity index (χ1v) is 6.89. The third kappa shape index (κ3) is 2.47. The Hall–Kier alpha value is -1.87. The van der Waals surface area contributed by atoms with Crippen molar-refractivity contribution >= 4 is 11.5 Å². The van der Waals surface area contributed by atoms with Gasteiger partial charge in [-0.1, -0.05) is 24.3 Å². The fourth-order valence-corrected chi connectivity index (χ4v) is 2.63. The van der Waals surface area contributed by atoms with Gasteiger partial charge in [-0.2, -0.15) is 0 Å². The number of nitrogens with two attached hydrogens (primary N) is 1. The normalized spacial score (nSPS) is 14.9. The Kier molecular flexibility index (Phi) is 3.47. The number of aryl methyl sites for hydroxylation is 1. The van der Waals surface area contributed by atoms with Crippen LogP contribution in [0.25, 0.3) is 0 Å². The van der Waals surface area contributed by atoms with Gasteiger partial charge in [-0.05, 0) is 42.5 Å². The van der Waals surface area contributed by atoms with Crippen molar-refractivity contribution in [1.29, 1.82) is 0 Å². The quantitative estimate of drug-likeness (QED) is 0.894. The summed E-state index contributed by atoms with van der Waals surface area (Å²) in [4.78, 5) is 6.88. The minimum atomic E-state index is 0.546. The molecule has 3 nitrogen and oxygen atoms in total. The number of hydrogen-bond acceptors (Lipinski definition) is 3. The number of anilines is 2. The second-order valence-corrected chi connectivity index (χ2v) is 4.97. The molecule has 1 aliphatic rings. The van der Waals surface area contributed by atoms with Crippen molar-refractivity contribution in [1.82, 2.24) is 4.98 Å². The Labute approximate surface area is 114 Å². The van der Waals surface area contributed by atoms with E-state index in [-0.39, 0.29) is 0 Å². The standard InChI is InChI=1S/C16H19N3/c17-11-13-8-9-16(18-12-13)19-10-4-3-6-14-5-1-2-7-15(14)19/h1-2,5,7-9,12H,3-4,6,10-11,17H2. The lowest BCUT2D eigenvalue weighted by molar-refractivity contribution is 0.757. The zero-order chi connectivity index (χ0) is 13.1. The van der Waals surface area contributed by atoms with Gasteiger partial charge in [-0.3, -0.25) is 0 Å². The zero-order valence-corrected chi connectivity index (χ0v) is 11.0. The molecule has 3 heteroatoms. The maximum absolute atomic E-state index is 5.63. The lowest BCUT2D eigenvalue weighted by Gasteiger charge is -2.24. The summed E-state index contributed by atoms with van der Waals surface area (Å²) < 4.78 is 0. The molecule has 2 heterocycles. The predicted octanol–water partition coefficient (Wildman–Crippen LogP) is 3.01. The molecule has 0 spiro atoms. The number of aromatic nitrogens is 1. The largest absolute Gasteiger partial charge is 0.326 e. The number of pyridine rings is 1.